The molecule has 0 bridgehead atoms. The Hall–Kier alpha value is -2.07. The molecule has 1 amide bonds. The maximum absolute atomic E-state index is 13.3. The fourth-order valence-corrected chi connectivity index (χ4v) is 2.10. The van der Waals surface area contributed by atoms with E-state index in [1.807, 2.05) is 24.3 Å². The highest BCUT2D eigenvalue weighted by Gasteiger charge is 2.15. The summed E-state index contributed by atoms with van der Waals surface area (Å²) in [4.78, 5) is 13.5. The quantitative estimate of drug-likeness (QED) is 0.790. The van der Waals surface area contributed by atoms with Crippen molar-refractivity contribution >= 4 is 23.2 Å². The van der Waals surface area contributed by atoms with Crippen LogP contribution in [0.25, 0.3) is 0 Å². The molecule has 0 aliphatic carbocycles. The van der Waals surface area contributed by atoms with Gasteiger partial charge in [-0.3, -0.25) is 4.79 Å². The molecule has 21 heavy (non-hydrogen) atoms. The molecule has 0 atom stereocenters. The molecule has 2 aromatic rings. The SMILES string of the molecule is COc1ccc(CN(C(=O)CCl)c2cccc(F)c2)cc1. The first-order chi connectivity index (χ1) is 10.1. The van der Waals surface area contributed by atoms with Crippen molar-refractivity contribution in [1.82, 2.24) is 0 Å². The molecule has 3 nitrogen and oxygen atoms in total. The van der Waals surface area contributed by atoms with Crippen LogP contribution in [0.3, 0.4) is 0 Å². The minimum Gasteiger partial charge on any atom is -0.497 e. The summed E-state index contributed by atoms with van der Waals surface area (Å²) < 4.78 is 18.4. The van der Waals surface area contributed by atoms with Gasteiger partial charge in [-0.05, 0) is 35.9 Å². The van der Waals surface area contributed by atoms with Gasteiger partial charge >= 0.3 is 0 Å². The second kappa shape index (κ2) is 7.09. The maximum Gasteiger partial charge on any atom is 0.242 e. The van der Waals surface area contributed by atoms with Gasteiger partial charge in [0, 0.05) is 5.69 Å². The van der Waals surface area contributed by atoms with E-state index in [4.69, 9.17) is 16.3 Å². The summed E-state index contributed by atoms with van der Waals surface area (Å²) in [6, 6.07) is 13.2. The molecule has 0 radical (unpaired) electrons. The van der Waals surface area contributed by atoms with Gasteiger partial charge in [0.2, 0.25) is 5.91 Å². The number of nitrogens with zero attached hydrogens (tertiary/aromatic N) is 1. The molecule has 0 aliphatic heterocycles. The highest BCUT2D eigenvalue weighted by atomic mass is 35.5. The van der Waals surface area contributed by atoms with Crippen molar-refractivity contribution in [3.05, 3.63) is 59.9 Å². The molecule has 0 aromatic heterocycles. The predicted octanol–water partition coefficient (Wildman–Crippen LogP) is 3.61. The standard InChI is InChI=1S/C16H15ClFNO2/c1-21-15-7-5-12(6-8-15)11-19(16(20)10-17)14-4-2-3-13(18)9-14/h2-9H,10-11H2,1H3. The summed E-state index contributed by atoms with van der Waals surface area (Å²) in [5.74, 6) is -0.0976. The Morgan fingerprint density at radius 1 is 1.24 bits per heavy atom. The predicted molar refractivity (Wildman–Crippen MR) is 81.3 cm³/mol. The van der Waals surface area contributed by atoms with Gasteiger partial charge in [-0.15, -0.1) is 11.6 Å². The molecule has 0 heterocycles. The Labute approximate surface area is 127 Å². The lowest BCUT2D eigenvalue weighted by molar-refractivity contribution is -0.116. The Kier molecular flexibility index (Phi) is 5.17. The summed E-state index contributed by atoms with van der Waals surface area (Å²) in [6.07, 6.45) is 0. The zero-order valence-electron chi connectivity index (χ0n) is 11.6. The summed E-state index contributed by atoms with van der Waals surface area (Å²) in [5, 5.41) is 0. The van der Waals surface area contributed by atoms with Crippen molar-refractivity contribution in [2.24, 2.45) is 0 Å². The van der Waals surface area contributed by atoms with Crippen LogP contribution in [0.5, 0.6) is 5.75 Å². The fourth-order valence-electron chi connectivity index (χ4n) is 1.95. The average Bonchev–Trinajstić information content (AvgIpc) is 2.52. The van der Waals surface area contributed by atoms with Gasteiger partial charge in [0.05, 0.1) is 13.7 Å². The number of alkyl halides is 1. The lowest BCUT2D eigenvalue weighted by atomic mass is 10.2. The largest absolute Gasteiger partial charge is 0.497 e. The van der Waals surface area contributed by atoms with Crippen LogP contribution in [0.2, 0.25) is 0 Å². The van der Waals surface area contributed by atoms with Gasteiger partial charge in [-0.2, -0.15) is 0 Å². The van der Waals surface area contributed by atoms with Crippen molar-refractivity contribution in [3.63, 3.8) is 0 Å². The molecule has 0 unspecified atom stereocenters. The van der Waals surface area contributed by atoms with Gasteiger partial charge in [0.25, 0.3) is 0 Å². The average molecular weight is 308 g/mol. The summed E-state index contributed by atoms with van der Waals surface area (Å²) in [5.41, 5.74) is 1.38. The number of carbonyl (C=O) groups is 1. The Morgan fingerprint density at radius 3 is 2.52 bits per heavy atom. The van der Waals surface area contributed by atoms with Gasteiger partial charge in [-0.1, -0.05) is 18.2 Å². The van der Waals surface area contributed by atoms with E-state index in [2.05, 4.69) is 0 Å². The van der Waals surface area contributed by atoms with Crippen molar-refractivity contribution in [3.8, 4) is 5.75 Å². The highest BCUT2D eigenvalue weighted by Crippen LogP contribution is 2.20. The molecular weight excluding hydrogens is 293 g/mol. The highest BCUT2D eigenvalue weighted by molar-refractivity contribution is 6.29. The molecule has 0 aliphatic rings. The number of hydrogen-bond acceptors (Lipinski definition) is 2. The first-order valence-electron chi connectivity index (χ1n) is 6.39. The van der Waals surface area contributed by atoms with Gasteiger partial charge in [-0.25, -0.2) is 4.39 Å². The summed E-state index contributed by atoms with van der Waals surface area (Å²) in [6.45, 7) is 0.318. The first-order valence-corrected chi connectivity index (χ1v) is 6.92. The van der Waals surface area contributed by atoms with Crippen LogP contribution in [0.15, 0.2) is 48.5 Å². The molecule has 5 heteroatoms. The zero-order valence-corrected chi connectivity index (χ0v) is 12.3. The number of carbonyl (C=O) groups excluding carboxylic acids is 1. The monoisotopic (exact) mass is 307 g/mol. The summed E-state index contributed by atoms with van der Waals surface area (Å²) >= 11 is 5.65. The molecule has 0 saturated heterocycles. The van der Waals surface area contributed by atoms with Crippen LogP contribution < -0.4 is 9.64 Å². The Balaban J connectivity index is 2.26. The van der Waals surface area contributed by atoms with Gasteiger partial charge in [0.15, 0.2) is 0 Å². The summed E-state index contributed by atoms with van der Waals surface area (Å²) in [7, 11) is 1.59. The molecule has 2 rings (SSSR count). The van der Waals surface area contributed by atoms with E-state index in [-0.39, 0.29) is 11.8 Å². The molecule has 0 N–H and O–H groups in total. The van der Waals surface area contributed by atoms with Gasteiger partial charge < -0.3 is 9.64 Å². The second-order valence-electron chi connectivity index (χ2n) is 4.44. The molecular formula is C16H15ClFNO2. The Bertz CT molecular complexity index is 616. The maximum atomic E-state index is 13.3. The van der Waals surface area contributed by atoms with E-state index in [9.17, 15) is 9.18 Å². The lowest BCUT2D eigenvalue weighted by Crippen LogP contribution is -2.31. The number of halogens is 2. The molecule has 110 valence electrons. The first kappa shape index (κ1) is 15.3. The zero-order chi connectivity index (χ0) is 15.2. The van der Waals surface area contributed by atoms with Crippen LogP contribution in [-0.2, 0) is 11.3 Å². The Morgan fingerprint density at radius 2 is 1.95 bits per heavy atom. The van der Waals surface area contributed by atoms with Crippen molar-refractivity contribution < 1.29 is 13.9 Å². The van der Waals surface area contributed by atoms with Crippen LogP contribution in [0.4, 0.5) is 10.1 Å². The third kappa shape index (κ3) is 3.95. The molecule has 2 aromatic carbocycles. The molecule has 0 saturated carbocycles. The van der Waals surface area contributed by atoms with Crippen molar-refractivity contribution in [2.45, 2.75) is 6.54 Å². The number of amides is 1. The number of ether oxygens (including phenoxy) is 1. The molecule has 0 spiro atoms. The van der Waals surface area contributed by atoms with E-state index < -0.39 is 5.82 Å². The van der Waals surface area contributed by atoms with E-state index in [1.165, 1.54) is 17.0 Å². The van der Waals surface area contributed by atoms with Gasteiger partial charge in [0.1, 0.15) is 17.4 Å². The van der Waals surface area contributed by atoms with Crippen LogP contribution >= 0.6 is 11.6 Å². The number of benzene rings is 2. The smallest absolute Gasteiger partial charge is 0.242 e. The van der Waals surface area contributed by atoms with Crippen LogP contribution in [-0.4, -0.2) is 18.9 Å². The number of anilines is 1. The minimum absolute atomic E-state index is 0.160. The third-order valence-corrected chi connectivity index (χ3v) is 3.26. The van der Waals surface area contributed by atoms with E-state index in [0.29, 0.717) is 12.2 Å². The fraction of sp³-hybridized carbons (Fsp3) is 0.188. The van der Waals surface area contributed by atoms with E-state index in [1.54, 1.807) is 19.2 Å². The van der Waals surface area contributed by atoms with E-state index >= 15 is 0 Å². The number of hydrogen-bond donors (Lipinski definition) is 0. The van der Waals surface area contributed by atoms with Crippen molar-refractivity contribution in [1.29, 1.82) is 0 Å². The number of methoxy groups -OCH3 is 1. The van der Waals surface area contributed by atoms with Crippen molar-refractivity contribution in [2.75, 3.05) is 17.9 Å². The second-order valence-corrected chi connectivity index (χ2v) is 4.71. The molecule has 0 fully saturated rings. The van der Waals surface area contributed by atoms with E-state index in [0.717, 1.165) is 11.3 Å². The normalized spacial score (nSPS) is 10.2. The minimum atomic E-state index is -0.394. The topological polar surface area (TPSA) is 29.5 Å². The van der Waals surface area contributed by atoms with Crippen LogP contribution in [0.1, 0.15) is 5.56 Å². The lowest BCUT2D eigenvalue weighted by Gasteiger charge is -2.22. The van der Waals surface area contributed by atoms with Crippen LogP contribution in [0, 0.1) is 5.82 Å². The third-order valence-electron chi connectivity index (χ3n) is 3.03. The number of rotatable bonds is 5.